The Balaban J connectivity index is 2.18. The van der Waals surface area contributed by atoms with Gasteiger partial charge in [0.15, 0.2) is 6.10 Å². The summed E-state index contributed by atoms with van der Waals surface area (Å²) in [5.74, 6) is 0.0366. The van der Waals surface area contributed by atoms with Crippen LogP contribution in [0.4, 0.5) is 0 Å². The van der Waals surface area contributed by atoms with Crippen molar-refractivity contribution in [3.8, 4) is 5.75 Å². The minimum absolute atomic E-state index is 0.519. The molecule has 0 saturated carbocycles. The summed E-state index contributed by atoms with van der Waals surface area (Å²) in [6.45, 7) is 0.519. The molecular weight excluding hydrogens is 294 g/mol. The number of carbonyl (C=O) groups excluding carboxylic acids is 1. The Bertz CT molecular complexity index is 613. The van der Waals surface area contributed by atoms with E-state index in [9.17, 15) is 9.90 Å². The van der Waals surface area contributed by atoms with Gasteiger partial charge in [-0.25, -0.2) is 4.79 Å². The van der Waals surface area contributed by atoms with Gasteiger partial charge < -0.3 is 19.9 Å². The van der Waals surface area contributed by atoms with Crippen LogP contribution in [0.3, 0.4) is 0 Å². The molecule has 2 atom stereocenters. The maximum absolute atomic E-state index is 11.7. The molecule has 0 aliphatic heterocycles. The molecule has 2 rings (SSSR count). The van der Waals surface area contributed by atoms with Crippen LogP contribution < -0.4 is 10.1 Å². The van der Waals surface area contributed by atoms with Crippen molar-refractivity contribution in [2.24, 2.45) is 0 Å². The molecular formula is C18H21NO4. The topological polar surface area (TPSA) is 67.8 Å². The number of carbonyl (C=O) groups is 1. The number of ether oxygens (including phenoxy) is 2. The van der Waals surface area contributed by atoms with E-state index >= 15 is 0 Å². The van der Waals surface area contributed by atoms with Gasteiger partial charge in [0.05, 0.1) is 20.3 Å². The second-order valence-corrected chi connectivity index (χ2v) is 5.09. The monoisotopic (exact) mass is 315 g/mol. The fraction of sp³-hybridized carbons (Fsp3) is 0.278. The van der Waals surface area contributed by atoms with E-state index in [1.54, 1.807) is 19.2 Å². The highest BCUT2D eigenvalue weighted by Gasteiger charge is 2.28. The molecule has 2 aromatic carbocycles. The zero-order valence-corrected chi connectivity index (χ0v) is 13.2. The minimum atomic E-state index is -1.29. The summed E-state index contributed by atoms with van der Waals surface area (Å²) in [6.07, 6.45) is -1.29. The molecule has 5 nitrogen and oxygen atoms in total. The van der Waals surface area contributed by atoms with Crippen molar-refractivity contribution in [3.63, 3.8) is 0 Å². The number of hydrogen-bond acceptors (Lipinski definition) is 5. The number of methoxy groups -OCH3 is 2. The third kappa shape index (κ3) is 4.55. The first kappa shape index (κ1) is 17.0. The number of esters is 1. The van der Waals surface area contributed by atoms with Crippen molar-refractivity contribution in [1.82, 2.24) is 5.32 Å². The SMILES string of the molecule is COC(=O)C(O)C(NCc1ccccc1)c1ccc(OC)cc1. The van der Waals surface area contributed by atoms with Gasteiger partial charge in [0, 0.05) is 6.54 Å². The van der Waals surface area contributed by atoms with Crippen molar-refractivity contribution in [1.29, 1.82) is 0 Å². The molecule has 0 heterocycles. The molecule has 0 fully saturated rings. The lowest BCUT2D eigenvalue weighted by molar-refractivity contribution is -0.152. The first-order valence-electron chi connectivity index (χ1n) is 7.33. The first-order chi connectivity index (χ1) is 11.2. The van der Waals surface area contributed by atoms with Crippen LogP contribution in [0.2, 0.25) is 0 Å². The number of nitrogens with one attached hydrogen (secondary N) is 1. The van der Waals surface area contributed by atoms with E-state index in [1.807, 2.05) is 42.5 Å². The van der Waals surface area contributed by atoms with Gasteiger partial charge in [0.25, 0.3) is 0 Å². The zero-order chi connectivity index (χ0) is 16.7. The summed E-state index contributed by atoms with van der Waals surface area (Å²) in [5, 5.41) is 13.5. The van der Waals surface area contributed by atoms with Crippen molar-refractivity contribution < 1.29 is 19.4 Å². The Labute approximate surface area is 135 Å². The van der Waals surface area contributed by atoms with E-state index in [0.717, 1.165) is 11.1 Å². The van der Waals surface area contributed by atoms with Crippen LogP contribution >= 0.6 is 0 Å². The van der Waals surface area contributed by atoms with Crippen molar-refractivity contribution >= 4 is 5.97 Å². The lowest BCUT2D eigenvalue weighted by Crippen LogP contribution is -2.37. The lowest BCUT2D eigenvalue weighted by atomic mass is 10.0. The fourth-order valence-electron chi connectivity index (χ4n) is 2.30. The van der Waals surface area contributed by atoms with E-state index in [4.69, 9.17) is 4.74 Å². The Morgan fingerprint density at radius 3 is 2.30 bits per heavy atom. The molecule has 0 bridgehead atoms. The van der Waals surface area contributed by atoms with E-state index in [1.165, 1.54) is 7.11 Å². The molecule has 23 heavy (non-hydrogen) atoms. The van der Waals surface area contributed by atoms with Gasteiger partial charge in [0.1, 0.15) is 5.75 Å². The number of aliphatic hydroxyl groups is 1. The van der Waals surface area contributed by atoms with Gasteiger partial charge in [-0.2, -0.15) is 0 Å². The maximum Gasteiger partial charge on any atom is 0.336 e. The van der Waals surface area contributed by atoms with Crippen LogP contribution in [0.25, 0.3) is 0 Å². The molecule has 0 amide bonds. The molecule has 0 saturated heterocycles. The average molecular weight is 315 g/mol. The Morgan fingerprint density at radius 1 is 1.09 bits per heavy atom. The molecule has 122 valence electrons. The Morgan fingerprint density at radius 2 is 1.74 bits per heavy atom. The second kappa shape index (κ2) is 8.31. The fourth-order valence-corrected chi connectivity index (χ4v) is 2.30. The molecule has 2 unspecified atom stereocenters. The Kier molecular flexibility index (Phi) is 6.14. The molecule has 5 heteroatoms. The van der Waals surface area contributed by atoms with E-state index in [-0.39, 0.29) is 0 Å². The molecule has 0 aliphatic carbocycles. The third-order valence-electron chi connectivity index (χ3n) is 3.60. The normalized spacial score (nSPS) is 13.2. The number of rotatable bonds is 7. The molecule has 2 N–H and O–H groups in total. The van der Waals surface area contributed by atoms with E-state index in [2.05, 4.69) is 10.1 Å². The lowest BCUT2D eigenvalue weighted by Gasteiger charge is -2.23. The highest BCUT2D eigenvalue weighted by molar-refractivity contribution is 5.75. The van der Waals surface area contributed by atoms with Gasteiger partial charge in [-0.1, -0.05) is 42.5 Å². The van der Waals surface area contributed by atoms with Gasteiger partial charge in [-0.05, 0) is 23.3 Å². The summed E-state index contributed by atoms with van der Waals surface area (Å²) in [5.41, 5.74) is 1.84. The third-order valence-corrected chi connectivity index (χ3v) is 3.60. The van der Waals surface area contributed by atoms with Crippen LogP contribution in [0, 0.1) is 0 Å². The molecule has 0 radical (unpaired) electrons. The molecule has 0 aliphatic rings. The van der Waals surface area contributed by atoms with Crippen LogP contribution in [-0.2, 0) is 16.1 Å². The minimum Gasteiger partial charge on any atom is -0.497 e. The van der Waals surface area contributed by atoms with Gasteiger partial charge in [-0.3, -0.25) is 0 Å². The molecule has 2 aromatic rings. The van der Waals surface area contributed by atoms with Crippen molar-refractivity contribution in [3.05, 3.63) is 65.7 Å². The Hall–Kier alpha value is -2.37. The quantitative estimate of drug-likeness (QED) is 0.766. The standard InChI is InChI=1S/C18H21NO4/c1-22-15-10-8-14(9-11-15)16(17(20)18(21)23-2)19-12-13-6-4-3-5-7-13/h3-11,16-17,19-20H,12H2,1-2H3. The van der Waals surface area contributed by atoms with Crippen LogP contribution in [0.1, 0.15) is 17.2 Å². The second-order valence-electron chi connectivity index (χ2n) is 5.09. The smallest absolute Gasteiger partial charge is 0.336 e. The number of benzene rings is 2. The molecule has 0 aromatic heterocycles. The highest BCUT2D eigenvalue weighted by atomic mass is 16.5. The van der Waals surface area contributed by atoms with Gasteiger partial charge >= 0.3 is 5.97 Å². The summed E-state index contributed by atoms with van der Waals surface area (Å²) >= 11 is 0. The van der Waals surface area contributed by atoms with Crippen LogP contribution in [0.5, 0.6) is 5.75 Å². The van der Waals surface area contributed by atoms with Gasteiger partial charge in [-0.15, -0.1) is 0 Å². The molecule has 0 spiro atoms. The highest BCUT2D eigenvalue weighted by Crippen LogP contribution is 2.22. The van der Waals surface area contributed by atoms with Crippen LogP contribution in [-0.4, -0.2) is 31.4 Å². The largest absolute Gasteiger partial charge is 0.497 e. The predicted octanol–water partition coefficient (Wildman–Crippen LogP) is 2.06. The zero-order valence-electron chi connectivity index (χ0n) is 13.2. The first-order valence-corrected chi connectivity index (χ1v) is 7.33. The summed E-state index contributed by atoms with van der Waals surface area (Å²) in [7, 11) is 2.84. The number of aliphatic hydroxyl groups excluding tert-OH is 1. The van der Waals surface area contributed by atoms with E-state index in [0.29, 0.717) is 12.3 Å². The van der Waals surface area contributed by atoms with Crippen LogP contribution in [0.15, 0.2) is 54.6 Å². The van der Waals surface area contributed by atoms with Gasteiger partial charge in [0.2, 0.25) is 0 Å². The maximum atomic E-state index is 11.7. The average Bonchev–Trinajstić information content (AvgIpc) is 2.62. The van der Waals surface area contributed by atoms with Crippen molar-refractivity contribution in [2.45, 2.75) is 18.7 Å². The van der Waals surface area contributed by atoms with E-state index < -0.39 is 18.1 Å². The predicted molar refractivity (Wildman–Crippen MR) is 87.0 cm³/mol. The summed E-state index contributed by atoms with van der Waals surface area (Å²) in [4.78, 5) is 11.7. The summed E-state index contributed by atoms with van der Waals surface area (Å²) in [6, 6.07) is 16.4. The summed E-state index contributed by atoms with van der Waals surface area (Å²) < 4.78 is 9.79. The number of hydrogen-bond donors (Lipinski definition) is 2. The van der Waals surface area contributed by atoms with Crippen molar-refractivity contribution in [2.75, 3.05) is 14.2 Å².